The molecule has 0 saturated carbocycles. The smallest absolute Gasteiger partial charge is 0.337 e. The number of carbonyl (C=O) groups is 2. The third kappa shape index (κ3) is 2.57. The van der Waals surface area contributed by atoms with Crippen LogP contribution in [0.15, 0.2) is 36.8 Å². The number of anilines is 2. The highest BCUT2D eigenvalue weighted by atomic mass is 16.4. The molecule has 0 radical (unpaired) electrons. The van der Waals surface area contributed by atoms with Crippen molar-refractivity contribution in [3.63, 3.8) is 0 Å². The molecule has 2 heterocycles. The van der Waals surface area contributed by atoms with E-state index in [4.69, 9.17) is 5.11 Å². The van der Waals surface area contributed by atoms with Crippen molar-refractivity contribution in [1.82, 2.24) is 14.6 Å². The molecule has 0 fully saturated rings. The van der Waals surface area contributed by atoms with E-state index in [1.807, 2.05) is 0 Å². The number of aromatic nitrogens is 3. The zero-order chi connectivity index (χ0) is 16.6. The maximum atomic E-state index is 11.2. The molecule has 0 amide bonds. The molecule has 3 aromatic rings. The van der Waals surface area contributed by atoms with Gasteiger partial charge in [0, 0.05) is 11.9 Å². The Balaban J connectivity index is 2.08. The lowest BCUT2D eigenvalue weighted by molar-refractivity contribution is 0.0685. The molecule has 0 atom stereocenters. The van der Waals surface area contributed by atoms with Crippen LogP contribution >= 0.6 is 0 Å². The first kappa shape index (κ1) is 14.5. The minimum atomic E-state index is -1.05. The van der Waals surface area contributed by atoms with Gasteiger partial charge in [0.15, 0.2) is 5.82 Å². The molecule has 0 aliphatic rings. The number of carboxylic acid groups (broad SMARTS) is 2. The van der Waals surface area contributed by atoms with E-state index in [2.05, 4.69) is 15.4 Å². The third-order valence-corrected chi connectivity index (χ3v) is 3.43. The van der Waals surface area contributed by atoms with E-state index in [9.17, 15) is 14.7 Å². The molecule has 0 spiro atoms. The molecule has 23 heavy (non-hydrogen) atoms. The van der Waals surface area contributed by atoms with Crippen molar-refractivity contribution in [2.45, 2.75) is 6.92 Å². The Kier molecular flexibility index (Phi) is 3.41. The summed E-state index contributed by atoms with van der Waals surface area (Å²) >= 11 is 0. The number of hydrogen-bond donors (Lipinski definition) is 3. The number of nitrogens with one attached hydrogen (secondary N) is 1. The molecule has 8 nitrogen and oxygen atoms in total. The molecule has 3 N–H and O–H groups in total. The van der Waals surface area contributed by atoms with Crippen molar-refractivity contribution in [3.05, 3.63) is 53.5 Å². The highest BCUT2D eigenvalue weighted by molar-refractivity contribution is 5.94. The van der Waals surface area contributed by atoms with Crippen molar-refractivity contribution in [2.24, 2.45) is 0 Å². The highest BCUT2D eigenvalue weighted by Gasteiger charge is 2.17. The fourth-order valence-corrected chi connectivity index (χ4v) is 2.33. The third-order valence-electron chi connectivity index (χ3n) is 3.43. The summed E-state index contributed by atoms with van der Waals surface area (Å²) in [6.07, 6.45) is 2.70. The highest BCUT2D eigenvalue weighted by Crippen LogP contribution is 2.25. The number of benzene rings is 1. The SMILES string of the molecule is Cc1c(C(=O)O)cn2ncnc(Nc3cccc(C(=O)O)c3)c12. The van der Waals surface area contributed by atoms with E-state index in [1.165, 1.54) is 29.2 Å². The van der Waals surface area contributed by atoms with Crippen LogP contribution in [0.2, 0.25) is 0 Å². The number of aryl methyl sites for hydroxylation is 1. The minimum absolute atomic E-state index is 0.132. The molecular formula is C15H12N4O4. The zero-order valence-electron chi connectivity index (χ0n) is 12.0. The lowest BCUT2D eigenvalue weighted by Gasteiger charge is -2.08. The van der Waals surface area contributed by atoms with E-state index >= 15 is 0 Å². The molecule has 2 aromatic heterocycles. The first-order valence-corrected chi connectivity index (χ1v) is 6.64. The van der Waals surface area contributed by atoms with Crippen LogP contribution in [0.3, 0.4) is 0 Å². The summed E-state index contributed by atoms with van der Waals surface area (Å²) in [6, 6.07) is 6.25. The lowest BCUT2D eigenvalue weighted by atomic mass is 10.2. The summed E-state index contributed by atoms with van der Waals surface area (Å²) in [6.45, 7) is 1.67. The molecule has 1 aromatic carbocycles. The van der Waals surface area contributed by atoms with Crippen LogP contribution < -0.4 is 5.32 Å². The summed E-state index contributed by atoms with van der Waals surface area (Å²) in [5.74, 6) is -1.69. The van der Waals surface area contributed by atoms with E-state index in [1.54, 1.807) is 19.1 Å². The van der Waals surface area contributed by atoms with Gasteiger partial charge in [-0.3, -0.25) is 0 Å². The normalized spacial score (nSPS) is 10.7. The molecule has 116 valence electrons. The minimum Gasteiger partial charge on any atom is -0.478 e. The van der Waals surface area contributed by atoms with Gasteiger partial charge in [-0.05, 0) is 30.7 Å². The molecule has 3 rings (SSSR count). The second-order valence-electron chi connectivity index (χ2n) is 4.89. The predicted molar refractivity (Wildman–Crippen MR) is 81.4 cm³/mol. The van der Waals surface area contributed by atoms with Crippen LogP contribution in [0.4, 0.5) is 11.5 Å². The Bertz CT molecular complexity index is 932. The Morgan fingerprint density at radius 3 is 2.70 bits per heavy atom. The number of hydrogen-bond acceptors (Lipinski definition) is 5. The number of nitrogens with zero attached hydrogens (tertiary/aromatic N) is 3. The number of rotatable bonds is 4. The van der Waals surface area contributed by atoms with Gasteiger partial charge in [-0.2, -0.15) is 5.10 Å². The van der Waals surface area contributed by atoms with Crippen LogP contribution in [0.5, 0.6) is 0 Å². The van der Waals surface area contributed by atoms with Crippen LogP contribution in [0.1, 0.15) is 26.3 Å². The maximum Gasteiger partial charge on any atom is 0.337 e. The van der Waals surface area contributed by atoms with Gasteiger partial charge >= 0.3 is 11.9 Å². The number of carboxylic acids is 2. The standard InChI is InChI=1S/C15H12N4O4/c1-8-11(15(22)23)6-19-12(8)13(16-7-17-19)18-10-4-2-3-9(5-10)14(20)21/h2-7H,1H3,(H,20,21)(H,22,23)(H,16,17,18). The topological polar surface area (TPSA) is 117 Å². The van der Waals surface area contributed by atoms with E-state index in [0.29, 0.717) is 22.6 Å². The van der Waals surface area contributed by atoms with E-state index in [0.717, 1.165) is 0 Å². The quantitative estimate of drug-likeness (QED) is 0.676. The van der Waals surface area contributed by atoms with Crippen LogP contribution in [-0.2, 0) is 0 Å². The summed E-state index contributed by atoms with van der Waals surface area (Å²) in [5.41, 5.74) is 1.84. The van der Waals surface area contributed by atoms with Crippen molar-refractivity contribution < 1.29 is 19.8 Å². The van der Waals surface area contributed by atoms with Crippen molar-refractivity contribution in [1.29, 1.82) is 0 Å². The summed E-state index contributed by atoms with van der Waals surface area (Å²) in [7, 11) is 0. The number of aromatic carboxylic acids is 2. The number of fused-ring (bicyclic) bond motifs is 1. The average Bonchev–Trinajstić information content (AvgIpc) is 2.86. The molecule has 0 aliphatic carbocycles. The Morgan fingerprint density at radius 2 is 2.00 bits per heavy atom. The van der Waals surface area contributed by atoms with Crippen molar-refractivity contribution in [3.8, 4) is 0 Å². The fourth-order valence-electron chi connectivity index (χ4n) is 2.33. The zero-order valence-corrected chi connectivity index (χ0v) is 12.0. The van der Waals surface area contributed by atoms with Gasteiger partial charge in [0.1, 0.15) is 11.8 Å². The van der Waals surface area contributed by atoms with Crippen LogP contribution in [0, 0.1) is 6.92 Å². The monoisotopic (exact) mass is 312 g/mol. The maximum absolute atomic E-state index is 11.2. The molecule has 0 unspecified atom stereocenters. The Hall–Kier alpha value is -3.42. The summed E-state index contributed by atoms with van der Waals surface area (Å²) in [4.78, 5) is 26.4. The van der Waals surface area contributed by atoms with Crippen LogP contribution in [-0.4, -0.2) is 36.7 Å². The van der Waals surface area contributed by atoms with Crippen molar-refractivity contribution in [2.75, 3.05) is 5.32 Å². The van der Waals surface area contributed by atoms with Gasteiger partial charge < -0.3 is 15.5 Å². The fraction of sp³-hybridized carbons (Fsp3) is 0.0667. The van der Waals surface area contributed by atoms with Gasteiger partial charge in [-0.1, -0.05) is 6.07 Å². The molecular weight excluding hydrogens is 300 g/mol. The van der Waals surface area contributed by atoms with Gasteiger partial charge in [0.25, 0.3) is 0 Å². The first-order valence-electron chi connectivity index (χ1n) is 6.64. The lowest BCUT2D eigenvalue weighted by Crippen LogP contribution is -2.02. The first-order chi connectivity index (χ1) is 11.0. The van der Waals surface area contributed by atoms with Gasteiger partial charge in [0.2, 0.25) is 0 Å². The van der Waals surface area contributed by atoms with Gasteiger partial charge in [-0.25, -0.2) is 19.1 Å². The molecule has 8 heteroatoms. The molecule has 0 aliphatic heterocycles. The predicted octanol–water partition coefficient (Wildman–Crippen LogP) is 2.18. The second-order valence-corrected chi connectivity index (χ2v) is 4.89. The average molecular weight is 312 g/mol. The summed E-state index contributed by atoms with van der Waals surface area (Å²) in [5, 5.41) is 25.2. The van der Waals surface area contributed by atoms with E-state index < -0.39 is 11.9 Å². The van der Waals surface area contributed by atoms with Crippen LogP contribution in [0.25, 0.3) is 5.52 Å². The van der Waals surface area contributed by atoms with E-state index in [-0.39, 0.29) is 11.1 Å². The molecule has 0 saturated heterocycles. The summed E-state index contributed by atoms with van der Waals surface area (Å²) < 4.78 is 1.43. The van der Waals surface area contributed by atoms with Crippen molar-refractivity contribution >= 4 is 29.0 Å². The van der Waals surface area contributed by atoms with Gasteiger partial charge in [-0.15, -0.1) is 0 Å². The van der Waals surface area contributed by atoms with Gasteiger partial charge in [0.05, 0.1) is 11.1 Å². The molecule has 0 bridgehead atoms. The Labute approximate surface area is 130 Å². The largest absolute Gasteiger partial charge is 0.478 e. The Morgan fingerprint density at radius 1 is 1.22 bits per heavy atom. The second kappa shape index (κ2) is 5.41.